The Labute approximate surface area is 178 Å². The number of carbonyl (C=O) groups is 2. The Kier molecular flexibility index (Phi) is 5.93. The summed E-state index contributed by atoms with van der Waals surface area (Å²) in [5.74, 6) is -1.22. The average molecular weight is 422 g/mol. The van der Waals surface area contributed by atoms with E-state index < -0.39 is 11.6 Å². The smallest absolute Gasteiger partial charge is 0.254 e. The standard InChI is InChI=1S/C24H20F2N2O3/c25-21-11-8-18(16-22(21)26)24(30)28-14-12-27(13-15-28)23(29)17-6-9-20(10-7-17)31-19-4-2-1-3-5-19/h1-11,16H,12-15H2. The molecule has 158 valence electrons. The van der Waals surface area contributed by atoms with Crippen molar-refractivity contribution in [1.82, 2.24) is 9.80 Å². The largest absolute Gasteiger partial charge is 0.457 e. The van der Waals surface area contributed by atoms with Crippen molar-refractivity contribution in [3.8, 4) is 11.5 Å². The van der Waals surface area contributed by atoms with Crippen LogP contribution in [-0.4, -0.2) is 47.8 Å². The van der Waals surface area contributed by atoms with Crippen LogP contribution in [0, 0.1) is 11.6 Å². The molecular weight excluding hydrogens is 402 g/mol. The predicted octanol–water partition coefficient (Wildman–Crippen LogP) is 4.36. The summed E-state index contributed by atoms with van der Waals surface area (Å²) < 4.78 is 32.2. The molecule has 3 aromatic rings. The normalized spacial score (nSPS) is 13.7. The van der Waals surface area contributed by atoms with Crippen molar-refractivity contribution in [2.45, 2.75) is 0 Å². The van der Waals surface area contributed by atoms with Crippen LogP contribution >= 0.6 is 0 Å². The van der Waals surface area contributed by atoms with E-state index >= 15 is 0 Å². The van der Waals surface area contributed by atoms with Gasteiger partial charge >= 0.3 is 0 Å². The first-order chi connectivity index (χ1) is 15.0. The number of hydrogen-bond donors (Lipinski definition) is 0. The first-order valence-electron chi connectivity index (χ1n) is 9.88. The summed E-state index contributed by atoms with van der Waals surface area (Å²) in [5, 5.41) is 0. The minimum Gasteiger partial charge on any atom is -0.457 e. The van der Waals surface area contributed by atoms with Gasteiger partial charge in [0.2, 0.25) is 0 Å². The second-order valence-corrected chi connectivity index (χ2v) is 7.15. The average Bonchev–Trinajstić information content (AvgIpc) is 2.81. The molecule has 0 saturated carbocycles. The van der Waals surface area contributed by atoms with Gasteiger partial charge in [-0.3, -0.25) is 9.59 Å². The molecule has 2 amide bonds. The van der Waals surface area contributed by atoms with E-state index in [0.29, 0.717) is 43.2 Å². The molecule has 1 aliphatic heterocycles. The first-order valence-corrected chi connectivity index (χ1v) is 9.88. The maximum absolute atomic E-state index is 13.4. The zero-order valence-corrected chi connectivity index (χ0v) is 16.6. The Hall–Kier alpha value is -3.74. The zero-order valence-electron chi connectivity index (χ0n) is 16.6. The predicted molar refractivity (Wildman–Crippen MR) is 111 cm³/mol. The van der Waals surface area contributed by atoms with Gasteiger partial charge in [-0.1, -0.05) is 18.2 Å². The van der Waals surface area contributed by atoms with E-state index in [1.54, 1.807) is 29.2 Å². The summed E-state index contributed by atoms with van der Waals surface area (Å²) in [5.41, 5.74) is 0.619. The molecule has 0 unspecified atom stereocenters. The number of benzene rings is 3. The van der Waals surface area contributed by atoms with Gasteiger partial charge in [-0.25, -0.2) is 8.78 Å². The van der Waals surface area contributed by atoms with Crippen LogP contribution in [0.25, 0.3) is 0 Å². The van der Waals surface area contributed by atoms with Crippen LogP contribution in [0.5, 0.6) is 11.5 Å². The number of amides is 2. The Bertz CT molecular complexity index is 1080. The molecule has 0 aromatic heterocycles. The van der Waals surface area contributed by atoms with E-state index in [4.69, 9.17) is 4.74 Å². The molecule has 0 bridgehead atoms. The highest BCUT2D eigenvalue weighted by atomic mass is 19.2. The first kappa shape index (κ1) is 20.5. The van der Waals surface area contributed by atoms with E-state index in [0.717, 1.165) is 12.1 Å². The van der Waals surface area contributed by atoms with Crippen molar-refractivity contribution in [2.24, 2.45) is 0 Å². The van der Waals surface area contributed by atoms with Crippen molar-refractivity contribution in [3.05, 3.63) is 95.6 Å². The third-order valence-electron chi connectivity index (χ3n) is 5.10. The lowest BCUT2D eigenvalue weighted by Crippen LogP contribution is -2.50. The van der Waals surface area contributed by atoms with Crippen LogP contribution in [-0.2, 0) is 0 Å². The SMILES string of the molecule is O=C(c1ccc(Oc2ccccc2)cc1)N1CCN(C(=O)c2ccc(F)c(F)c2)CC1. The summed E-state index contributed by atoms with van der Waals surface area (Å²) in [6.07, 6.45) is 0. The Balaban J connectivity index is 1.34. The molecule has 5 nitrogen and oxygen atoms in total. The molecule has 1 saturated heterocycles. The Morgan fingerprint density at radius 1 is 0.645 bits per heavy atom. The number of carbonyl (C=O) groups excluding carboxylic acids is 2. The van der Waals surface area contributed by atoms with Gasteiger partial charge in [-0.2, -0.15) is 0 Å². The molecule has 0 N–H and O–H groups in total. The topological polar surface area (TPSA) is 49.9 Å². The van der Waals surface area contributed by atoms with Crippen LogP contribution in [0.15, 0.2) is 72.8 Å². The molecule has 0 spiro atoms. The van der Waals surface area contributed by atoms with E-state index in [1.807, 2.05) is 30.3 Å². The maximum Gasteiger partial charge on any atom is 0.254 e. The fourth-order valence-electron chi connectivity index (χ4n) is 3.40. The Morgan fingerprint density at radius 3 is 1.74 bits per heavy atom. The minimum atomic E-state index is -1.06. The number of ether oxygens (including phenoxy) is 1. The van der Waals surface area contributed by atoms with Crippen molar-refractivity contribution >= 4 is 11.8 Å². The third kappa shape index (κ3) is 4.71. The fourth-order valence-corrected chi connectivity index (χ4v) is 3.40. The minimum absolute atomic E-state index is 0.0904. The molecule has 1 aliphatic rings. The molecule has 31 heavy (non-hydrogen) atoms. The van der Waals surface area contributed by atoms with E-state index in [1.165, 1.54) is 11.0 Å². The number of nitrogens with zero attached hydrogens (tertiary/aromatic N) is 2. The second kappa shape index (κ2) is 8.95. The van der Waals surface area contributed by atoms with Gasteiger partial charge in [-0.15, -0.1) is 0 Å². The number of para-hydroxylation sites is 1. The molecule has 3 aromatic carbocycles. The van der Waals surface area contributed by atoms with Gasteiger partial charge in [0.05, 0.1) is 0 Å². The quantitative estimate of drug-likeness (QED) is 0.628. The molecule has 0 aliphatic carbocycles. The van der Waals surface area contributed by atoms with Gasteiger partial charge < -0.3 is 14.5 Å². The lowest BCUT2D eigenvalue weighted by molar-refractivity contribution is 0.0535. The van der Waals surface area contributed by atoms with Crippen LogP contribution in [0.1, 0.15) is 20.7 Å². The van der Waals surface area contributed by atoms with E-state index in [9.17, 15) is 18.4 Å². The monoisotopic (exact) mass is 422 g/mol. The molecule has 1 heterocycles. The summed E-state index contributed by atoms with van der Waals surface area (Å²) in [6.45, 7) is 1.35. The van der Waals surface area contributed by atoms with Crippen LogP contribution in [0.3, 0.4) is 0 Å². The van der Waals surface area contributed by atoms with Crippen molar-refractivity contribution in [3.63, 3.8) is 0 Å². The lowest BCUT2D eigenvalue weighted by atomic mass is 10.1. The van der Waals surface area contributed by atoms with Crippen LogP contribution in [0.4, 0.5) is 8.78 Å². The van der Waals surface area contributed by atoms with Gasteiger partial charge in [0, 0.05) is 37.3 Å². The van der Waals surface area contributed by atoms with Crippen molar-refractivity contribution in [2.75, 3.05) is 26.2 Å². The van der Waals surface area contributed by atoms with Crippen LogP contribution in [0.2, 0.25) is 0 Å². The zero-order chi connectivity index (χ0) is 21.8. The summed E-state index contributed by atoms with van der Waals surface area (Å²) in [4.78, 5) is 28.5. The summed E-state index contributed by atoms with van der Waals surface area (Å²) in [7, 11) is 0. The van der Waals surface area contributed by atoms with E-state index in [2.05, 4.69) is 0 Å². The number of piperazine rings is 1. The number of rotatable bonds is 4. The van der Waals surface area contributed by atoms with E-state index in [-0.39, 0.29) is 17.4 Å². The number of hydrogen-bond acceptors (Lipinski definition) is 3. The molecule has 0 atom stereocenters. The van der Waals surface area contributed by atoms with Gasteiger partial charge in [-0.05, 0) is 54.6 Å². The second-order valence-electron chi connectivity index (χ2n) is 7.15. The number of halogens is 2. The third-order valence-corrected chi connectivity index (χ3v) is 5.10. The fraction of sp³-hybridized carbons (Fsp3) is 0.167. The van der Waals surface area contributed by atoms with Crippen molar-refractivity contribution in [1.29, 1.82) is 0 Å². The van der Waals surface area contributed by atoms with Gasteiger partial charge in [0.1, 0.15) is 11.5 Å². The highest BCUT2D eigenvalue weighted by Crippen LogP contribution is 2.22. The van der Waals surface area contributed by atoms with Gasteiger partial charge in [0.25, 0.3) is 11.8 Å². The maximum atomic E-state index is 13.4. The molecule has 4 rings (SSSR count). The van der Waals surface area contributed by atoms with Crippen LogP contribution < -0.4 is 4.74 Å². The lowest BCUT2D eigenvalue weighted by Gasteiger charge is -2.35. The molecule has 0 radical (unpaired) electrons. The van der Waals surface area contributed by atoms with Crippen molar-refractivity contribution < 1.29 is 23.1 Å². The van der Waals surface area contributed by atoms with Gasteiger partial charge in [0.15, 0.2) is 11.6 Å². The summed E-state index contributed by atoms with van der Waals surface area (Å²) in [6, 6.07) is 19.3. The molecule has 1 fully saturated rings. The highest BCUT2D eigenvalue weighted by molar-refractivity contribution is 5.96. The Morgan fingerprint density at radius 2 is 1.16 bits per heavy atom. The summed E-state index contributed by atoms with van der Waals surface area (Å²) >= 11 is 0. The molecule has 7 heteroatoms. The molecular formula is C24H20F2N2O3. The highest BCUT2D eigenvalue weighted by Gasteiger charge is 2.26.